The number of aromatic nitrogens is 2. The standard InChI is InChI=1S/C21H24N6O/c1-2-24-11-15-6-5-7-16(10-15)13-27-14-17(12-25-27)26-21(28)20(23)18-8-3-4-9-19(18)22/h3-10,12,14,23-24H,2,11,13,22H2,1H3,(H,26,28). The van der Waals surface area contributed by atoms with Gasteiger partial charge in [-0.05, 0) is 23.7 Å². The number of amides is 1. The van der Waals surface area contributed by atoms with Gasteiger partial charge in [0.05, 0.1) is 18.4 Å². The second-order valence-electron chi connectivity index (χ2n) is 6.44. The third-order valence-corrected chi connectivity index (χ3v) is 4.26. The van der Waals surface area contributed by atoms with Crippen LogP contribution in [0.25, 0.3) is 0 Å². The highest BCUT2D eigenvalue weighted by atomic mass is 16.1. The van der Waals surface area contributed by atoms with Crippen molar-refractivity contribution in [2.24, 2.45) is 0 Å². The Morgan fingerprint density at radius 3 is 2.75 bits per heavy atom. The SMILES string of the molecule is CCNCc1cccc(Cn2cc(NC(=O)C(=N)c3ccccc3N)cn2)c1. The first kappa shape index (κ1) is 19.3. The topological polar surface area (TPSA) is 109 Å². The second kappa shape index (κ2) is 8.96. The van der Waals surface area contributed by atoms with Crippen molar-refractivity contribution in [1.29, 1.82) is 5.41 Å². The number of rotatable bonds is 8. The van der Waals surface area contributed by atoms with Gasteiger partial charge in [-0.15, -0.1) is 0 Å². The van der Waals surface area contributed by atoms with Crippen molar-refractivity contribution in [3.8, 4) is 0 Å². The van der Waals surface area contributed by atoms with Gasteiger partial charge in [0.2, 0.25) is 0 Å². The van der Waals surface area contributed by atoms with Gasteiger partial charge in [0.1, 0.15) is 5.71 Å². The number of hydrogen-bond donors (Lipinski definition) is 4. The first-order valence-electron chi connectivity index (χ1n) is 9.12. The van der Waals surface area contributed by atoms with Crippen LogP contribution in [0.15, 0.2) is 60.9 Å². The van der Waals surface area contributed by atoms with Gasteiger partial charge in [0.25, 0.3) is 5.91 Å². The number of nitrogen functional groups attached to an aromatic ring is 1. The van der Waals surface area contributed by atoms with E-state index in [0.29, 0.717) is 23.5 Å². The third-order valence-electron chi connectivity index (χ3n) is 4.26. The van der Waals surface area contributed by atoms with Crippen LogP contribution < -0.4 is 16.4 Å². The number of carbonyl (C=O) groups is 1. The lowest BCUT2D eigenvalue weighted by molar-refractivity contribution is -0.110. The lowest BCUT2D eigenvalue weighted by Gasteiger charge is -2.07. The van der Waals surface area contributed by atoms with E-state index >= 15 is 0 Å². The molecule has 3 aromatic rings. The number of hydrogen-bond acceptors (Lipinski definition) is 5. The molecule has 5 N–H and O–H groups in total. The summed E-state index contributed by atoms with van der Waals surface area (Å²) in [5.41, 5.74) is 9.35. The predicted octanol–water partition coefficient (Wildman–Crippen LogP) is 2.63. The first-order chi connectivity index (χ1) is 13.6. The molecule has 0 aliphatic heterocycles. The molecule has 2 aromatic carbocycles. The molecule has 7 heteroatoms. The van der Waals surface area contributed by atoms with E-state index in [4.69, 9.17) is 11.1 Å². The van der Waals surface area contributed by atoms with E-state index in [0.717, 1.165) is 18.7 Å². The van der Waals surface area contributed by atoms with Crippen LogP contribution in [0, 0.1) is 5.41 Å². The normalized spacial score (nSPS) is 10.6. The molecule has 0 saturated heterocycles. The van der Waals surface area contributed by atoms with Crippen molar-refractivity contribution >= 4 is 23.0 Å². The molecule has 0 fully saturated rings. The van der Waals surface area contributed by atoms with Crippen LogP contribution in [0.4, 0.5) is 11.4 Å². The molecule has 1 aromatic heterocycles. The Kier molecular flexibility index (Phi) is 6.18. The number of nitrogens with two attached hydrogens (primary N) is 1. The van der Waals surface area contributed by atoms with E-state index in [2.05, 4.69) is 34.8 Å². The minimum atomic E-state index is -0.523. The summed E-state index contributed by atoms with van der Waals surface area (Å²) in [7, 11) is 0. The van der Waals surface area contributed by atoms with E-state index < -0.39 is 5.91 Å². The Morgan fingerprint density at radius 1 is 1.18 bits per heavy atom. The summed E-state index contributed by atoms with van der Waals surface area (Å²) in [5.74, 6) is -0.523. The molecule has 0 aliphatic carbocycles. The van der Waals surface area contributed by atoms with Gasteiger partial charge < -0.3 is 16.4 Å². The van der Waals surface area contributed by atoms with Crippen LogP contribution in [0.2, 0.25) is 0 Å². The number of nitrogens with one attached hydrogen (secondary N) is 3. The summed E-state index contributed by atoms with van der Waals surface area (Å²) in [6, 6.07) is 15.1. The van der Waals surface area contributed by atoms with Crippen LogP contribution in [-0.2, 0) is 17.9 Å². The van der Waals surface area contributed by atoms with Gasteiger partial charge in [-0.2, -0.15) is 5.10 Å². The van der Waals surface area contributed by atoms with Crippen molar-refractivity contribution < 1.29 is 4.79 Å². The van der Waals surface area contributed by atoms with Gasteiger partial charge in [-0.3, -0.25) is 14.9 Å². The lowest BCUT2D eigenvalue weighted by Crippen LogP contribution is -2.23. The van der Waals surface area contributed by atoms with E-state index in [1.807, 2.05) is 12.1 Å². The molecule has 0 atom stereocenters. The quantitative estimate of drug-likeness (QED) is 0.358. The molecule has 7 nitrogen and oxygen atoms in total. The molecule has 0 spiro atoms. The molecule has 0 unspecified atom stereocenters. The number of anilines is 2. The Morgan fingerprint density at radius 2 is 1.96 bits per heavy atom. The molecule has 0 radical (unpaired) electrons. The molecule has 0 aliphatic rings. The highest BCUT2D eigenvalue weighted by Crippen LogP contribution is 2.14. The Hall–Kier alpha value is -3.45. The van der Waals surface area contributed by atoms with Crippen LogP contribution in [0.3, 0.4) is 0 Å². The summed E-state index contributed by atoms with van der Waals surface area (Å²) in [5, 5.41) is 18.4. The minimum absolute atomic E-state index is 0.179. The molecule has 0 bridgehead atoms. The molecular weight excluding hydrogens is 352 g/mol. The van der Waals surface area contributed by atoms with Gasteiger partial charge in [-0.1, -0.05) is 49.4 Å². The van der Waals surface area contributed by atoms with Crippen molar-refractivity contribution in [1.82, 2.24) is 15.1 Å². The monoisotopic (exact) mass is 376 g/mol. The summed E-state index contributed by atoms with van der Waals surface area (Å²) in [6.45, 7) is 4.43. The number of para-hydroxylation sites is 1. The van der Waals surface area contributed by atoms with Crippen molar-refractivity contribution in [3.05, 3.63) is 77.6 Å². The van der Waals surface area contributed by atoms with E-state index in [-0.39, 0.29) is 5.71 Å². The zero-order valence-electron chi connectivity index (χ0n) is 15.8. The first-order valence-corrected chi connectivity index (χ1v) is 9.12. The van der Waals surface area contributed by atoms with Crippen LogP contribution >= 0.6 is 0 Å². The summed E-state index contributed by atoms with van der Waals surface area (Å²) in [4.78, 5) is 12.3. The van der Waals surface area contributed by atoms with Crippen molar-refractivity contribution in [3.63, 3.8) is 0 Å². The van der Waals surface area contributed by atoms with Crippen LogP contribution in [0.5, 0.6) is 0 Å². The van der Waals surface area contributed by atoms with Gasteiger partial charge >= 0.3 is 0 Å². The maximum atomic E-state index is 12.3. The summed E-state index contributed by atoms with van der Waals surface area (Å²) < 4.78 is 1.75. The zero-order valence-corrected chi connectivity index (χ0v) is 15.8. The smallest absolute Gasteiger partial charge is 0.274 e. The molecule has 0 saturated carbocycles. The number of benzene rings is 2. The zero-order chi connectivity index (χ0) is 19.9. The largest absolute Gasteiger partial charge is 0.398 e. The molecule has 28 heavy (non-hydrogen) atoms. The lowest BCUT2D eigenvalue weighted by atomic mass is 10.1. The Labute approximate surface area is 164 Å². The average Bonchev–Trinajstić information content (AvgIpc) is 3.13. The van der Waals surface area contributed by atoms with Crippen LogP contribution in [0.1, 0.15) is 23.6 Å². The summed E-state index contributed by atoms with van der Waals surface area (Å²) in [6.07, 6.45) is 3.32. The van der Waals surface area contributed by atoms with Crippen LogP contribution in [-0.4, -0.2) is 27.9 Å². The fourth-order valence-corrected chi connectivity index (χ4v) is 2.85. The number of nitrogens with zero attached hydrogens (tertiary/aromatic N) is 2. The summed E-state index contributed by atoms with van der Waals surface area (Å²) >= 11 is 0. The second-order valence-corrected chi connectivity index (χ2v) is 6.44. The predicted molar refractivity (Wildman–Crippen MR) is 111 cm³/mol. The van der Waals surface area contributed by atoms with Gasteiger partial charge in [-0.25, -0.2) is 0 Å². The van der Waals surface area contributed by atoms with Crippen molar-refractivity contribution in [2.45, 2.75) is 20.0 Å². The molecule has 144 valence electrons. The highest BCUT2D eigenvalue weighted by Gasteiger charge is 2.15. The van der Waals surface area contributed by atoms with E-state index in [1.165, 1.54) is 5.56 Å². The fourth-order valence-electron chi connectivity index (χ4n) is 2.85. The average molecular weight is 376 g/mol. The van der Waals surface area contributed by atoms with Crippen molar-refractivity contribution in [2.75, 3.05) is 17.6 Å². The van der Waals surface area contributed by atoms with E-state index in [9.17, 15) is 4.79 Å². The molecular formula is C21H24N6O. The van der Waals surface area contributed by atoms with Gasteiger partial charge in [0, 0.05) is 24.0 Å². The Bertz CT molecular complexity index is 978. The van der Waals surface area contributed by atoms with Gasteiger partial charge in [0.15, 0.2) is 0 Å². The molecule has 1 amide bonds. The third kappa shape index (κ3) is 4.83. The minimum Gasteiger partial charge on any atom is -0.398 e. The fraction of sp³-hybridized carbons (Fsp3) is 0.190. The molecule has 3 rings (SSSR count). The van der Waals surface area contributed by atoms with E-state index in [1.54, 1.807) is 41.3 Å². The highest BCUT2D eigenvalue weighted by molar-refractivity contribution is 6.48. The maximum absolute atomic E-state index is 12.3. The Balaban J connectivity index is 1.63. The molecule has 1 heterocycles. The number of carbonyl (C=O) groups excluding carboxylic acids is 1. The maximum Gasteiger partial charge on any atom is 0.274 e.